The molecule has 0 spiro atoms. The largest absolute Gasteiger partial charge is 0.496 e. The van der Waals surface area contributed by atoms with Gasteiger partial charge in [-0.05, 0) is 24.6 Å². The zero-order valence-electron chi connectivity index (χ0n) is 9.41. The van der Waals surface area contributed by atoms with Gasteiger partial charge in [-0.15, -0.1) is 0 Å². The van der Waals surface area contributed by atoms with Gasteiger partial charge in [-0.25, -0.2) is 0 Å². The second kappa shape index (κ2) is 5.18. The van der Waals surface area contributed by atoms with Crippen LogP contribution in [0.15, 0.2) is 12.1 Å². The quantitative estimate of drug-likeness (QED) is 0.823. The van der Waals surface area contributed by atoms with Crippen LogP contribution in [0.4, 0.5) is 0 Å². The molecule has 88 valence electrons. The fourth-order valence-electron chi connectivity index (χ4n) is 1.34. The third kappa shape index (κ3) is 2.46. The van der Waals surface area contributed by atoms with E-state index in [1.54, 1.807) is 12.1 Å². The van der Waals surface area contributed by atoms with Crippen molar-refractivity contribution in [2.24, 2.45) is 5.73 Å². The molecular formula is C11H14ClNO3. The van der Waals surface area contributed by atoms with Crippen molar-refractivity contribution < 1.29 is 14.3 Å². The van der Waals surface area contributed by atoms with E-state index in [1.807, 2.05) is 6.92 Å². The second-order valence-corrected chi connectivity index (χ2v) is 3.75. The Balaban J connectivity index is 3.21. The predicted octanol–water partition coefficient (Wildman–Crippen LogP) is 1.83. The highest BCUT2D eigenvalue weighted by molar-refractivity contribution is 6.31. The summed E-state index contributed by atoms with van der Waals surface area (Å²) in [6.45, 7) is 1.85. The molecule has 5 heteroatoms. The lowest BCUT2D eigenvalue weighted by Crippen LogP contribution is -2.23. The highest BCUT2D eigenvalue weighted by Gasteiger charge is 2.21. The first-order valence-electron chi connectivity index (χ1n) is 4.68. The molecule has 0 aromatic heterocycles. The maximum absolute atomic E-state index is 11.3. The third-order valence-corrected chi connectivity index (χ3v) is 2.71. The van der Waals surface area contributed by atoms with E-state index in [0.29, 0.717) is 16.3 Å². The number of carbonyl (C=O) groups is 1. The number of rotatable bonds is 3. The molecule has 1 unspecified atom stereocenters. The summed E-state index contributed by atoms with van der Waals surface area (Å²) in [6, 6.07) is 2.47. The van der Waals surface area contributed by atoms with E-state index >= 15 is 0 Å². The molecule has 0 aliphatic rings. The number of esters is 1. The Morgan fingerprint density at radius 3 is 2.56 bits per heavy atom. The average Bonchev–Trinajstić information content (AvgIpc) is 2.30. The smallest absolute Gasteiger partial charge is 0.327 e. The lowest BCUT2D eigenvalue weighted by Gasteiger charge is -2.15. The van der Waals surface area contributed by atoms with Crippen molar-refractivity contribution in [3.05, 3.63) is 28.3 Å². The predicted molar refractivity (Wildman–Crippen MR) is 61.7 cm³/mol. The SMILES string of the molecule is COC(=O)C(N)c1cc(Cl)c(C)cc1OC. The minimum absolute atomic E-state index is 0.518. The topological polar surface area (TPSA) is 61.5 Å². The maximum Gasteiger partial charge on any atom is 0.327 e. The van der Waals surface area contributed by atoms with E-state index in [9.17, 15) is 4.79 Å². The number of aryl methyl sites for hydroxylation is 1. The van der Waals surface area contributed by atoms with Crippen molar-refractivity contribution in [1.82, 2.24) is 0 Å². The van der Waals surface area contributed by atoms with Gasteiger partial charge in [0.2, 0.25) is 0 Å². The van der Waals surface area contributed by atoms with Crippen molar-refractivity contribution in [2.75, 3.05) is 14.2 Å². The summed E-state index contributed by atoms with van der Waals surface area (Å²) >= 11 is 5.97. The third-order valence-electron chi connectivity index (χ3n) is 2.30. The molecule has 0 saturated carbocycles. The van der Waals surface area contributed by atoms with Gasteiger partial charge in [0, 0.05) is 10.6 Å². The van der Waals surface area contributed by atoms with E-state index in [0.717, 1.165) is 5.56 Å². The summed E-state index contributed by atoms with van der Waals surface area (Å²) in [5, 5.41) is 0.537. The van der Waals surface area contributed by atoms with Gasteiger partial charge >= 0.3 is 5.97 Å². The van der Waals surface area contributed by atoms with Crippen LogP contribution in [-0.4, -0.2) is 20.2 Å². The number of halogens is 1. The van der Waals surface area contributed by atoms with Crippen LogP contribution in [0.1, 0.15) is 17.2 Å². The highest BCUT2D eigenvalue weighted by atomic mass is 35.5. The van der Waals surface area contributed by atoms with Gasteiger partial charge in [0.1, 0.15) is 11.8 Å². The van der Waals surface area contributed by atoms with Crippen molar-refractivity contribution in [1.29, 1.82) is 0 Å². The summed E-state index contributed by atoms with van der Waals surface area (Å²) in [5.41, 5.74) is 7.11. The van der Waals surface area contributed by atoms with Crippen molar-refractivity contribution in [3.63, 3.8) is 0 Å². The molecule has 1 aromatic carbocycles. The fraction of sp³-hybridized carbons (Fsp3) is 0.364. The molecule has 0 bridgehead atoms. The minimum atomic E-state index is -0.891. The van der Waals surface area contributed by atoms with Crippen molar-refractivity contribution >= 4 is 17.6 Å². The van der Waals surface area contributed by atoms with Crippen LogP contribution in [0, 0.1) is 6.92 Å². The molecule has 0 heterocycles. The monoisotopic (exact) mass is 243 g/mol. The van der Waals surface area contributed by atoms with Gasteiger partial charge in [0.15, 0.2) is 0 Å². The van der Waals surface area contributed by atoms with Crippen LogP contribution in [0.2, 0.25) is 5.02 Å². The Morgan fingerprint density at radius 2 is 2.06 bits per heavy atom. The van der Waals surface area contributed by atoms with E-state index in [4.69, 9.17) is 22.1 Å². The molecule has 2 N–H and O–H groups in total. The molecule has 0 aliphatic heterocycles. The first-order chi connectivity index (χ1) is 7.51. The van der Waals surface area contributed by atoms with E-state index in [-0.39, 0.29) is 0 Å². The number of nitrogens with two attached hydrogens (primary N) is 1. The lowest BCUT2D eigenvalue weighted by molar-refractivity contribution is -0.142. The standard InChI is InChI=1S/C11H14ClNO3/c1-6-4-9(15-2)7(5-8(6)12)10(13)11(14)16-3/h4-5,10H,13H2,1-3H3. The van der Waals surface area contributed by atoms with Crippen LogP contribution < -0.4 is 10.5 Å². The zero-order chi connectivity index (χ0) is 12.3. The summed E-state index contributed by atoms with van der Waals surface area (Å²) in [6.07, 6.45) is 0. The lowest BCUT2D eigenvalue weighted by atomic mass is 10.0. The Morgan fingerprint density at radius 1 is 1.44 bits per heavy atom. The molecular weight excluding hydrogens is 230 g/mol. The Kier molecular flexibility index (Phi) is 4.15. The minimum Gasteiger partial charge on any atom is -0.496 e. The van der Waals surface area contributed by atoms with Crippen LogP contribution in [0.25, 0.3) is 0 Å². The zero-order valence-corrected chi connectivity index (χ0v) is 10.2. The van der Waals surface area contributed by atoms with Crippen LogP contribution in [0.5, 0.6) is 5.75 Å². The summed E-state index contributed by atoms with van der Waals surface area (Å²) < 4.78 is 9.72. The Labute approximate surface area is 99.3 Å². The van der Waals surface area contributed by atoms with E-state index in [2.05, 4.69) is 4.74 Å². The van der Waals surface area contributed by atoms with Crippen molar-refractivity contribution in [3.8, 4) is 5.75 Å². The number of hydrogen-bond acceptors (Lipinski definition) is 4. The van der Waals surface area contributed by atoms with Crippen LogP contribution >= 0.6 is 11.6 Å². The maximum atomic E-state index is 11.3. The van der Waals surface area contributed by atoms with Gasteiger partial charge in [-0.1, -0.05) is 11.6 Å². The van der Waals surface area contributed by atoms with Crippen LogP contribution in [-0.2, 0) is 9.53 Å². The molecule has 1 aromatic rings. The molecule has 4 nitrogen and oxygen atoms in total. The molecule has 1 atom stereocenters. The first kappa shape index (κ1) is 12.8. The second-order valence-electron chi connectivity index (χ2n) is 3.34. The average molecular weight is 244 g/mol. The highest BCUT2D eigenvalue weighted by Crippen LogP contribution is 2.30. The summed E-state index contributed by atoms with van der Waals surface area (Å²) in [4.78, 5) is 11.3. The van der Waals surface area contributed by atoms with E-state index in [1.165, 1.54) is 14.2 Å². The number of benzene rings is 1. The molecule has 0 amide bonds. The molecule has 0 fully saturated rings. The Bertz CT molecular complexity index is 406. The molecule has 16 heavy (non-hydrogen) atoms. The number of carbonyl (C=O) groups excluding carboxylic acids is 1. The van der Waals surface area contributed by atoms with Crippen molar-refractivity contribution in [2.45, 2.75) is 13.0 Å². The molecule has 0 aliphatic carbocycles. The summed E-state index contributed by atoms with van der Waals surface area (Å²) in [7, 11) is 2.79. The molecule has 0 radical (unpaired) electrons. The number of ether oxygens (including phenoxy) is 2. The normalized spacial score (nSPS) is 12.1. The summed E-state index contributed by atoms with van der Waals surface area (Å²) in [5.74, 6) is -0.00183. The van der Waals surface area contributed by atoms with Gasteiger partial charge in [-0.2, -0.15) is 0 Å². The number of methoxy groups -OCH3 is 2. The van der Waals surface area contributed by atoms with Gasteiger partial charge in [-0.3, -0.25) is 4.79 Å². The first-order valence-corrected chi connectivity index (χ1v) is 5.06. The van der Waals surface area contributed by atoms with Gasteiger partial charge in [0.05, 0.1) is 14.2 Å². The fourth-order valence-corrected chi connectivity index (χ4v) is 1.52. The van der Waals surface area contributed by atoms with Gasteiger partial charge in [0.25, 0.3) is 0 Å². The van der Waals surface area contributed by atoms with E-state index < -0.39 is 12.0 Å². The number of hydrogen-bond donors (Lipinski definition) is 1. The molecule has 0 saturated heterocycles. The molecule has 1 rings (SSSR count). The Hall–Kier alpha value is -1.26. The van der Waals surface area contributed by atoms with Crippen LogP contribution in [0.3, 0.4) is 0 Å². The van der Waals surface area contributed by atoms with Gasteiger partial charge < -0.3 is 15.2 Å².